The minimum Gasteiger partial charge on any atom is -0.512 e. The first kappa shape index (κ1) is 24.7. The first-order chi connectivity index (χ1) is 16.3. The van der Waals surface area contributed by atoms with Crippen molar-refractivity contribution in [1.82, 2.24) is 4.98 Å². The van der Waals surface area contributed by atoms with E-state index in [1.165, 1.54) is 19.9 Å². The van der Waals surface area contributed by atoms with Crippen molar-refractivity contribution >= 4 is 38.7 Å². The average Bonchev–Trinajstić information content (AvgIpc) is 3.32. The Morgan fingerprint density at radius 3 is 2.43 bits per heavy atom. The standard InChI is InChI=1S/C23H12NO2S.C5H8O2.Ir/c25-27(26)21-10-2-1-6-16(21)17-7-4-8-18(23(17)27)20-13-15-12-11-14-5-3-9-19(24-20)22(14)15;1-4(6)3-5(2)7;/h1-7,9-13H;3,6H,1-2H3;/q-1;;/b;4-3-;. The van der Waals surface area contributed by atoms with Crippen LogP contribution in [0, 0.1) is 6.07 Å². The second-order valence-corrected chi connectivity index (χ2v) is 10.0. The fraction of sp³-hybridized carbons (Fsp3) is 0.0714. The van der Waals surface area contributed by atoms with E-state index in [1.54, 1.807) is 18.2 Å². The summed E-state index contributed by atoms with van der Waals surface area (Å²) >= 11 is 0. The van der Waals surface area contributed by atoms with Crippen molar-refractivity contribution in [2.24, 2.45) is 0 Å². The summed E-state index contributed by atoms with van der Waals surface area (Å²) in [4.78, 5) is 15.5. The van der Waals surface area contributed by atoms with Gasteiger partial charge in [-0.2, -0.15) is 0 Å². The predicted octanol–water partition coefficient (Wildman–Crippen LogP) is 6.03. The van der Waals surface area contributed by atoms with Gasteiger partial charge in [0, 0.05) is 31.6 Å². The van der Waals surface area contributed by atoms with Crippen LogP contribution in [-0.4, -0.2) is 24.3 Å². The molecule has 7 heteroatoms. The van der Waals surface area contributed by atoms with Crippen molar-refractivity contribution in [2.45, 2.75) is 23.6 Å². The number of ketones is 1. The molecule has 35 heavy (non-hydrogen) atoms. The molecular formula is C28H20IrNO4S-. The van der Waals surface area contributed by atoms with Crippen LogP contribution in [0.4, 0.5) is 0 Å². The summed E-state index contributed by atoms with van der Waals surface area (Å²) in [5.41, 5.74) is 5.71. The van der Waals surface area contributed by atoms with E-state index in [0.717, 1.165) is 33.2 Å². The molecule has 1 aliphatic carbocycles. The second-order valence-electron chi connectivity index (χ2n) is 8.16. The molecule has 5 nitrogen and oxygen atoms in total. The maximum absolute atomic E-state index is 13.2. The number of allylic oxidation sites excluding steroid dienone is 2. The average molecular weight is 659 g/mol. The van der Waals surface area contributed by atoms with Gasteiger partial charge in [-0.15, -0.1) is 23.8 Å². The Kier molecular flexibility index (Phi) is 6.60. The van der Waals surface area contributed by atoms with Crippen LogP contribution in [0.2, 0.25) is 0 Å². The van der Waals surface area contributed by atoms with E-state index in [0.29, 0.717) is 21.0 Å². The predicted molar refractivity (Wildman–Crippen MR) is 133 cm³/mol. The molecule has 1 radical (unpaired) electrons. The van der Waals surface area contributed by atoms with Gasteiger partial charge in [-0.3, -0.25) is 9.78 Å². The van der Waals surface area contributed by atoms with Gasteiger partial charge in [0.25, 0.3) is 0 Å². The summed E-state index contributed by atoms with van der Waals surface area (Å²) < 4.78 is 26.5. The zero-order chi connectivity index (χ0) is 24.0. The van der Waals surface area contributed by atoms with E-state index < -0.39 is 9.84 Å². The summed E-state index contributed by atoms with van der Waals surface area (Å²) in [7, 11) is -3.59. The van der Waals surface area contributed by atoms with Crippen LogP contribution in [0.25, 0.3) is 45.4 Å². The quantitative estimate of drug-likeness (QED) is 0.140. The van der Waals surface area contributed by atoms with Crippen LogP contribution < -0.4 is 0 Å². The van der Waals surface area contributed by atoms with Crippen LogP contribution in [-0.2, 0) is 34.7 Å². The molecule has 4 aromatic rings. The largest absolute Gasteiger partial charge is 0.512 e. The number of nitrogens with zero attached hydrogens (tertiary/aromatic N) is 1. The minimum atomic E-state index is -3.59. The molecule has 1 aliphatic heterocycles. The molecule has 0 saturated carbocycles. The van der Waals surface area contributed by atoms with Gasteiger partial charge in [-0.05, 0) is 53.3 Å². The maximum atomic E-state index is 13.2. The third-order valence-electron chi connectivity index (χ3n) is 5.69. The fourth-order valence-electron chi connectivity index (χ4n) is 4.42. The number of carbonyl (C=O) groups excluding carboxylic acids is 1. The topological polar surface area (TPSA) is 84.3 Å². The van der Waals surface area contributed by atoms with E-state index in [9.17, 15) is 13.2 Å². The van der Waals surface area contributed by atoms with E-state index in [2.05, 4.69) is 24.3 Å². The Morgan fingerprint density at radius 1 is 0.971 bits per heavy atom. The smallest absolute Gasteiger partial charge is 0.173 e. The molecule has 0 saturated heterocycles. The monoisotopic (exact) mass is 659 g/mol. The molecule has 0 atom stereocenters. The van der Waals surface area contributed by atoms with Crippen molar-refractivity contribution in [3.8, 4) is 22.4 Å². The summed E-state index contributed by atoms with van der Waals surface area (Å²) in [5, 5.41) is 9.47. The molecule has 0 bridgehead atoms. The Balaban J connectivity index is 0.000000320. The van der Waals surface area contributed by atoms with Gasteiger partial charge >= 0.3 is 0 Å². The summed E-state index contributed by atoms with van der Waals surface area (Å²) in [6, 6.07) is 21.8. The van der Waals surface area contributed by atoms with Gasteiger partial charge in [-0.25, -0.2) is 8.42 Å². The van der Waals surface area contributed by atoms with Crippen LogP contribution in [0.1, 0.15) is 25.0 Å². The Labute approximate surface area is 217 Å². The summed E-state index contributed by atoms with van der Waals surface area (Å²) in [6.07, 6.45) is 5.28. The first-order valence-electron chi connectivity index (χ1n) is 10.7. The third-order valence-corrected chi connectivity index (χ3v) is 7.59. The zero-order valence-electron chi connectivity index (χ0n) is 18.9. The molecule has 6 rings (SSSR count). The van der Waals surface area contributed by atoms with Crippen LogP contribution in [0.5, 0.6) is 0 Å². The number of rotatable bonds is 2. The van der Waals surface area contributed by atoms with Crippen molar-refractivity contribution < 1.29 is 38.4 Å². The molecule has 0 unspecified atom stereocenters. The molecule has 2 heterocycles. The molecule has 1 aromatic heterocycles. The molecule has 1 N–H and O–H groups in total. The van der Waals surface area contributed by atoms with Crippen molar-refractivity contribution in [2.75, 3.05) is 0 Å². The minimum absolute atomic E-state index is 0. The number of aromatic nitrogens is 1. The van der Waals surface area contributed by atoms with Crippen molar-refractivity contribution in [3.63, 3.8) is 0 Å². The van der Waals surface area contributed by atoms with Gasteiger partial charge in [0.2, 0.25) is 0 Å². The number of hydrogen-bond acceptors (Lipinski definition) is 5. The third kappa shape index (κ3) is 4.27. The molecule has 0 spiro atoms. The fourth-order valence-corrected chi connectivity index (χ4v) is 6.26. The number of benzene rings is 3. The van der Waals surface area contributed by atoms with E-state index >= 15 is 0 Å². The number of carbonyl (C=O) groups is 1. The number of hydrogen-bond donors (Lipinski definition) is 1. The summed E-state index contributed by atoms with van der Waals surface area (Å²) in [6.45, 7) is 2.85. The van der Waals surface area contributed by atoms with Gasteiger partial charge in [-0.1, -0.05) is 54.1 Å². The Morgan fingerprint density at radius 2 is 1.71 bits per heavy atom. The van der Waals surface area contributed by atoms with Gasteiger partial charge in [0.15, 0.2) is 15.6 Å². The molecule has 2 aliphatic rings. The Hall–Kier alpha value is -3.38. The van der Waals surface area contributed by atoms with Crippen LogP contribution in [0.3, 0.4) is 0 Å². The molecule has 177 valence electrons. The molecule has 3 aromatic carbocycles. The SMILES string of the molecule is CC(=O)/C=C(/C)O.O=S1(=O)c2ccccc2-c2cc[c-]c(-c3cc4c5c(cccc5n3)C=C4)c21.[Ir]. The first-order valence-corrected chi connectivity index (χ1v) is 12.1. The second kappa shape index (κ2) is 9.34. The number of fused-ring (bicyclic) bond motifs is 3. The van der Waals surface area contributed by atoms with Gasteiger partial charge in [0.05, 0.1) is 16.2 Å². The van der Waals surface area contributed by atoms with E-state index in [-0.39, 0.29) is 31.6 Å². The number of pyridine rings is 1. The Bertz CT molecular complexity index is 1670. The maximum Gasteiger partial charge on any atom is 0.173 e. The number of aliphatic hydroxyl groups is 1. The molecule has 0 fully saturated rings. The van der Waals surface area contributed by atoms with Gasteiger partial charge in [0.1, 0.15) is 0 Å². The number of aliphatic hydroxyl groups excluding tert-OH is 1. The molecular weight excluding hydrogens is 639 g/mol. The van der Waals surface area contributed by atoms with Gasteiger partial charge < -0.3 is 5.11 Å². The zero-order valence-corrected chi connectivity index (χ0v) is 22.1. The van der Waals surface area contributed by atoms with E-state index in [4.69, 9.17) is 10.1 Å². The normalized spacial score (nSPS) is 13.9. The molecule has 0 amide bonds. The van der Waals surface area contributed by atoms with Crippen molar-refractivity contribution in [1.29, 1.82) is 0 Å². The number of sulfone groups is 1. The van der Waals surface area contributed by atoms with Crippen molar-refractivity contribution in [3.05, 3.63) is 89.7 Å². The summed E-state index contributed by atoms with van der Waals surface area (Å²) in [5.74, 6) is -0.0625. The van der Waals surface area contributed by atoms with Crippen LogP contribution >= 0.6 is 0 Å². The van der Waals surface area contributed by atoms with Crippen LogP contribution in [0.15, 0.2) is 82.3 Å². The van der Waals surface area contributed by atoms with E-state index in [1.807, 2.05) is 36.4 Å².